The van der Waals surface area contributed by atoms with Crippen molar-refractivity contribution in [1.29, 1.82) is 0 Å². The molecule has 8 heteroatoms. The van der Waals surface area contributed by atoms with Crippen molar-refractivity contribution in [2.24, 2.45) is 0 Å². The van der Waals surface area contributed by atoms with E-state index in [-0.39, 0.29) is 18.0 Å². The van der Waals surface area contributed by atoms with Crippen LogP contribution in [0.2, 0.25) is 5.02 Å². The summed E-state index contributed by atoms with van der Waals surface area (Å²) < 4.78 is 18.8. The minimum atomic E-state index is -0.576. The summed E-state index contributed by atoms with van der Waals surface area (Å²) >= 11 is 5.95. The molecule has 0 saturated carbocycles. The topological polar surface area (TPSA) is 79.5 Å². The first-order valence-corrected chi connectivity index (χ1v) is 8.21. The molecule has 0 aliphatic carbocycles. The van der Waals surface area contributed by atoms with E-state index in [1.54, 1.807) is 25.3 Å². The quantitative estimate of drug-likeness (QED) is 0.682. The Bertz CT molecular complexity index is 814. The van der Waals surface area contributed by atoms with Gasteiger partial charge in [0, 0.05) is 30.6 Å². The number of ether oxygens (including phenoxy) is 1. The lowest BCUT2D eigenvalue weighted by atomic mass is 10.2. The molecule has 0 aromatic heterocycles. The van der Waals surface area contributed by atoms with Crippen molar-refractivity contribution in [2.45, 2.75) is 13.3 Å². The summed E-state index contributed by atoms with van der Waals surface area (Å²) in [5.41, 5.74) is 1.08. The highest BCUT2D eigenvalue weighted by Gasteiger charge is 2.09. The summed E-state index contributed by atoms with van der Waals surface area (Å²) in [7, 11) is 1.54. The Morgan fingerprint density at radius 1 is 1.12 bits per heavy atom. The molecule has 138 valence electrons. The highest BCUT2D eigenvalue weighted by Crippen LogP contribution is 2.27. The van der Waals surface area contributed by atoms with Crippen LogP contribution in [0.5, 0.6) is 5.75 Å². The minimum absolute atomic E-state index is 0.0112. The van der Waals surface area contributed by atoms with Crippen molar-refractivity contribution in [1.82, 2.24) is 0 Å². The SMILES string of the molecule is COc1ccc(Cl)cc1NCCC(=O)Nc1ccc(F)c(NC(C)=O)c1. The van der Waals surface area contributed by atoms with Gasteiger partial charge in [-0.2, -0.15) is 0 Å². The molecule has 2 aromatic rings. The number of rotatable bonds is 7. The Balaban J connectivity index is 1.91. The minimum Gasteiger partial charge on any atom is -0.495 e. The van der Waals surface area contributed by atoms with Crippen molar-refractivity contribution in [3.63, 3.8) is 0 Å². The van der Waals surface area contributed by atoms with Gasteiger partial charge in [-0.25, -0.2) is 4.39 Å². The van der Waals surface area contributed by atoms with E-state index in [4.69, 9.17) is 16.3 Å². The number of carbonyl (C=O) groups is 2. The zero-order chi connectivity index (χ0) is 19.1. The fraction of sp³-hybridized carbons (Fsp3) is 0.222. The van der Waals surface area contributed by atoms with E-state index in [9.17, 15) is 14.0 Å². The monoisotopic (exact) mass is 379 g/mol. The Hall–Kier alpha value is -2.80. The van der Waals surface area contributed by atoms with Gasteiger partial charge in [0.25, 0.3) is 0 Å². The highest BCUT2D eigenvalue weighted by molar-refractivity contribution is 6.30. The van der Waals surface area contributed by atoms with Gasteiger partial charge in [-0.15, -0.1) is 0 Å². The van der Waals surface area contributed by atoms with Crippen LogP contribution in [0.1, 0.15) is 13.3 Å². The molecule has 6 nitrogen and oxygen atoms in total. The lowest BCUT2D eigenvalue weighted by Gasteiger charge is -2.12. The number of methoxy groups -OCH3 is 1. The first-order chi connectivity index (χ1) is 12.4. The largest absolute Gasteiger partial charge is 0.495 e. The zero-order valence-electron chi connectivity index (χ0n) is 14.4. The molecule has 0 unspecified atom stereocenters. The van der Waals surface area contributed by atoms with E-state index in [2.05, 4.69) is 16.0 Å². The van der Waals surface area contributed by atoms with Crippen LogP contribution >= 0.6 is 11.6 Å². The Kier molecular flexibility index (Phi) is 6.80. The molecule has 0 saturated heterocycles. The maximum Gasteiger partial charge on any atom is 0.226 e. The fourth-order valence-corrected chi connectivity index (χ4v) is 2.41. The molecule has 0 atom stereocenters. The fourth-order valence-electron chi connectivity index (χ4n) is 2.24. The van der Waals surface area contributed by atoms with Crippen LogP contribution in [0.25, 0.3) is 0 Å². The molecule has 3 N–H and O–H groups in total. The average Bonchev–Trinajstić information content (AvgIpc) is 2.57. The van der Waals surface area contributed by atoms with Gasteiger partial charge in [-0.05, 0) is 36.4 Å². The number of halogens is 2. The van der Waals surface area contributed by atoms with Crippen molar-refractivity contribution in [3.8, 4) is 5.75 Å². The van der Waals surface area contributed by atoms with Crippen LogP contribution in [0.15, 0.2) is 36.4 Å². The predicted molar refractivity (Wildman–Crippen MR) is 100 cm³/mol. The number of carbonyl (C=O) groups excluding carboxylic acids is 2. The summed E-state index contributed by atoms with van der Waals surface area (Å²) in [4.78, 5) is 23.1. The van der Waals surface area contributed by atoms with Crippen molar-refractivity contribution in [2.75, 3.05) is 29.6 Å². The Morgan fingerprint density at radius 2 is 1.88 bits per heavy atom. The molecule has 0 bridgehead atoms. The van der Waals surface area contributed by atoms with Crippen LogP contribution in [-0.4, -0.2) is 25.5 Å². The van der Waals surface area contributed by atoms with E-state index >= 15 is 0 Å². The normalized spacial score (nSPS) is 10.2. The number of anilines is 3. The maximum atomic E-state index is 13.6. The van der Waals surface area contributed by atoms with Gasteiger partial charge in [-0.1, -0.05) is 11.6 Å². The Morgan fingerprint density at radius 3 is 2.58 bits per heavy atom. The predicted octanol–water partition coefficient (Wildman–Crippen LogP) is 3.89. The first-order valence-electron chi connectivity index (χ1n) is 7.83. The number of hydrogen-bond acceptors (Lipinski definition) is 4. The molecule has 2 aromatic carbocycles. The second-order valence-corrected chi connectivity index (χ2v) is 5.88. The molecule has 26 heavy (non-hydrogen) atoms. The maximum absolute atomic E-state index is 13.6. The molecular weight excluding hydrogens is 361 g/mol. The third kappa shape index (κ3) is 5.63. The van der Waals surface area contributed by atoms with Crippen LogP contribution < -0.4 is 20.7 Å². The second kappa shape index (κ2) is 9.05. The van der Waals surface area contributed by atoms with E-state index in [1.165, 1.54) is 25.1 Å². The van der Waals surface area contributed by atoms with Crippen molar-refractivity contribution in [3.05, 3.63) is 47.2 Å². The summed E-state index contributed by atoms with van der Waals surface area (Å²) in [6.45, 7) is 1.63. The van der Waals surface area contributed by atoms with Gasteiger partial charge in [0.1, 0.15) is 11.6 Å². The van der Waals surface area contributed by atoms with Crippen LogP contribution in [0, 0.1) is 5.82 Å². The lowest BCUT2D eigenvalue weighted by Crippen LogP contribution is -2.17. The van der Waals surface area contributed by atoms with Crippen LogP contribution in [0.4, 0.5) is 21.5 Å². The van der Waals surface area contributed by atoms with Gasteiger partial charge in [-0.3, -0.25) is 9.59 Å². The summed E-state index contributed by atoms with van der Waals surface area (Å²) in [5.74, 6) is -0.618. The summed E-state index contributed by atoms with van der Waals surface area (Å²) in [6.07, 6.45) is 0.169. The standard InChI is InChI=1S/C18H19ClFN3O3/c1-11(24)22-15-10-13(4-5-14(15)20)23-18(25)7-8-21-16-9-12(19)3-6-17(16)26-2/h3-6,9-10,21H,7-8H2,1-2H3,(H,22,24)(H,23,25). The lowest BCUT2D eigenvalue weighted by molar-refractivity contribution is -0.116. The molecule has 0 radical (unpaired) electrons. The zero-order valence-corrected chi connectivity index (χ0v) is 15.1. The Labute approximate surface area is 155 Å². The van der Waals surface area contributed by atoms with E-state index < -0.39 is 11.7 Å². The number of hydrogen-bond donors (Lipinski definition) is 3. The molecule has 2 amide bonds. The third-order valence-corrected chi connectivity index (χ3v) is 3.62. The molecule has 2 rings (SSSR count). The van der Waals surface area contributed by atoms with Crippen molar-refractivity contribution < 1.29 is 18.7 Å². The van der Waals surface area contributed by atoms with E-state index in [0.29, 0.717) is 28.7 Å². The van der Waals surface area contributed by atoms with Gasteiger partial charge >= 0.3 is 0 Å². The molecule has 0 heterocycles. The highest BCUT2D eigenvalue weighted by atomic mass is 35.5. The summed E-state index contributed by atoms with van der Waals surface area (Å²) in [5, 5.41) is 8.65. The van der Waals surface area contributed by atoms with E-state index in [0.717, 1.165) is 0 Å². The number of amides is 2. The molecule has 0 aliphatic heterocycles. The van der Waals surface area contributed by atoms with Gasteiger partial charge in [0.2, 0.25) is 11.8 Å². The smallest absolute Gasteiger partial charge is 0.226 e. The molecule has 0 aliphatic rings. The van der Waals surface area contributed by atoms with Crippen LogP contribution in [-0.2, 0) is 9.59 Å². The van der Waals surface area contributed by atoms with Crippen molar-refractivity contribution >= 4 is 40.5 Å². The van der Waals surface area contributed by atoms with Gasteiger partial charge in [0.15, 0.2) is 0 Å². The number of benzene rings is 2. The second-order valence-electron chi connectivity index (χ2n) is 5.45. The van der Waals surface area contributed by atoms with E-state index in [1.807, 2.05) is 0 Å². The van der Waals surface area contributed by atoms with Gasteiger partial charge < -0.3 is 20.7 Å². The molecule has 0 spiro atoms. The van der Waals surface area contributed by atoms with Crippen LogP contribution in [0.3, 0.4) is 0 Å². The summed E-state index contributed by atoms with van der Waals surface area (Å²) in [6, 6.07) is 9.11. The number of nitrogens with one attached hydrogen (secondary N) is 3. The first kappa shape index (κ1) is 19.5. The molecular formula is C18H19ClFN3O3. The average molecular weight is 380 g/mol. The van der Waals surface area contributed by atoms with Gasteiger partial charge in [0.05, 0.1) is 18.5 Å². The third-order valence-electron chi connectivity index (χ3n) is 3.39. The molecule has 0 fully saturated rings.